The number of ether oxygens (including phenoxy) is 2. The number of benzene rings is 2. The van der Waals surface area contributed by atoms with Gasteiger partial charge >= 0.3 is 5.97 Å². The number of hydrogen-bond donors (Lipinski definition) is 2. The van der Waals surface area contributed by atoms with Gasteiger partial charge in [0.25, 0.3) is 0 Å². The van der Waals surface area contributed by atoms with Crippen molar-refractivity contribution < 1.29 is 28.7 Å². The van der Waals surface area contributed by atoms with Crippen LogP contribution in [0.3, 0.4) is 0 Å². The molecule has 2 N–H and O–H groups in total. The lowest BCUT2D eigenvalue weighted by molar-refractivity contribution is -0.147. The highest BCUT2D eigenvalue weighted by molar-refractivity contribution is 5.96. The molecule has 8 nitrogen and oxygen atoms in total. The number of esters is 1. The maximum atomic E-state index is 12.2. The average molecular weight is 438 g/mol. The molecule has 2 amide bonds. The van der Waals surface area contributed by atoms with Crippen LogP contribution in [0.25, 0.3) is 0 Å². The smallest absolute Gasteiger partial charge is 0.313 e. The van der Waals surface area contributed by atoms with Gasteiger partial charge in [-0.1, -0.05) is 42.5 Å². The van der Waals surface area contributed by atoms with Crippen molar-refractivity contribution in [1.29, 1.82) is 0 Å². The minimum Gasteiger partial charge on any atom is -0.497 e. The van der Waals surface area contributed by atoms with Crippen LogP contribution >= 0.6 is 0 Å². The highest BCUT2D eigenvalue weighted by Gasteiger charge is 2.40. The Morgan fingerprint density at radius 2 is 1.72 bits per heavy atom. The predicted octanol–water partition coefficient (Wildman–Crippen LogP) is 1.70. The van der Waals surface area contributed by atoms with E-state index in [0.717, 1.165) is 11.1 Å². The molecule has 2 aromatic carbocycles. The largest absolute Gasteiger partial charge is 0.497 e. The number of ketones is 1. The lowest BCUT2D eigenvalue weighted by Gasteiger charge is -2.37. The Kier molecular flexibility index (Phi) is 7.96. The zero-order valence-electron chi connectivity index (χ0n) is 17.8. The Bertz CT molecular complexity index is 958. The minimum absolute atomic E-state index is 0.0737. The van der Waals surface area contributed by atoms with Crippen LogP contribution in [0.1, 0.15) is 30.4 Å². The summed E-state index contributed by atoms with van der Waals surface area (Å²) in [5.74, 6) is -0.707. The second-order valence-corrected chi connectivity index (χ2v) is 7.59. The van der Waals surface area contributed by atoms with Crippen molar-refractivity contribution in [2.45, 2.75) is 44.4 Å². The van der Waals surface area contributed by atoms with Crippen LogP contribution in [-0.2, 0) is 36.9 Å². The molecule has 0 aromatic heterocycles. The number of carbonyl (C=O) groups excluding carboxylic acids is 4. The molecule has 0 saturated carbocycles. The standard InChI is InChI=1S/C24H26N2O6/c1-31-19-10-7-17(8-11-19)15-32-22(29)14-18(27)9-12-20-23(24(30)25-20)26-21(28)13-16-5-3-2-4-6-16/h2-8,10-11,20,23H,9,12-15H2,1H3,(H,25,30)(H,26,28)/t20-,23-/m1/s1. The number of β-lactam (4-membered cyclic amide) rings is 1. The van der Waals surface area contributed by atoms with Gasteiger partial charge in [0.05, 0.1) is 19.6 Å². The number of nitrogens with one attached hydrogen (secondary N) is 2. The first-order valence-corrected chi connectivity index (χ1v) is 10.4. The summed E-state index contributed by atoms with van der Waals surface area (Å²) in [6.07, 6.45) is 0.290. The SMILES string of the molecule is COc1ccc(COC(=O)CC(=O)CC[C@H]2NC(=O)[C@@H]2NC(=O)Cc2ccccc2)cc1. The summed E-state index contributed by atoms with van der Waals surface area (Å²) in [6, 6.07) is 15.3. The molecule has 1 fully saturated rings. The maximum absolute atomic E-state index is 12.2. The van der Waals surface area contributed by atoms with Crippen LogP contribution in [0, 0.1) is 0 Å². The fourth-order valence-electron chi connectivity index (χ4n) is 3.36. The maximum Gasteiger partial charge on any atom is 0.313 e. The van der Waals surface area contributed by atoms with Gasteiger partial charge < -0.3 is 20.1 Å². The van der Waals surface area contributed by atoms with Gasteiger partial charge in [0.15, 0.2) is 0 Å². The van der Waals surface area contributed by atoms with E-state index in [0.29, 0.717) is 12.2 Å². The predicted molar refractivity (Wildman–Crippen MR) is 116 cm³/mol. The van der Waals surface area contributed by atoms with Gasteiger partial charge in [0.2, 0.25) is 11.8 Å². The van der Waals surface area contributed by atoms with Crippen molar-refractivity contribution >= 4 is 23.6 Å². The fourth-order valence-corrected chi connectivity index (χ4v) is 3.36. The summed E-state index contributed by atoms with van der Waals surface area (Å²) in [7, 11) is 1.57. The summed E-state index contributed by atoms with van der Waals surface area (Å²) >= 11 is 0. The quantitative estimate of drug-likeness (QED) is 0.314. The number of amides is 2. The van der Waals surface area contributed by atoms with Gasteiger partial charge in [-0.05, 0) is 29.7 Å². The van der Waals surface area contributed by atoms with Crippen molar-refractivity contribution in [2.24, 2.45) is 0 Å². The van der Waals surface area contributed by atoms with Gasteiger partial charge in [-0.15, -0.1) is 0 Å². The highest BCUT2D eigenvalue weighted by Crippen LogP contribution is 2.15. The molecular formula is C24H26N2O6. The first-order chi connectivity index (χ1) is 15.4. The Labute approximate surface area is 186 Å². The third kappa shape index (κ3) is 6.66. The van der Waals surface area contributed by atoms with E-state index in [1.807, 2.05) is 30.3 Å². The zero-order valence-corrected chi connectivity index (χ0v) is 17.8. The summed E-state index contributed by atoms with van der Waals surface area (Å²) in [6.45, 7) is 0.0737. The van der Waals surface area contributed by atoms with Gasteiger partial charge in [0.1, 0.15) is 30.6 Å². The highest BCUT2D eigenvalue weighted by atomic mass is 16.5. The third-order valence-electron chi connectivity index (χ3n) is 5.17. The average Bonchev–Trinajstić information content (AvgIpc) is 2.79. The number of carbonyl (C=O) groups is 4. The Morgan fingerprint density at radius 3 is 2.38 bits per heavy atom. The molecule has 168 valence electrons. The molecule has 1 aliphatic rings. The van der Waals surface area contributed by atoms with E-state index in [1.54, 1.807) is 31.4 Å². The van der Waals surface area contributed by atoms with Crippen molar-refractivity contribution in [3.8, 4) is 5.75 Å². The van der Waals surface area contributed by atoms with Crippen LogP contribution in [0.5, 0.6) is 5.75 Å². The number of rotatable bonds is 11. The molecule has 2 atom stereocenters. The molecule has 32 heavy (non-hydrogen) atoms. The van der Waals surface area contributed by atoms with Crippen molar-refractivity contribution in [1.82, 2.24) is 10.6 Å². The first-order valence-electron chi connectivity index (χ1n) is 10.4. The van der Waals surface area contributed by atoms with Crippen molar-refractivity contribution in [2.75, 3.05) is 7.11 Å². The van der Waals surface area contributed by atoms with E-state index in [9.17, 15) is 19.2 Å². The van der Waals surface area contributed by atoms with Crippen molar-refractivity contribution in [3.05, 3.63) is 65.7 Å². The summed E-state index contributed by atoms with van der Waals surface area (Å²) in [5, 5.41) is 5.41. The van der Waals surface area contributed by atoms with Crippen LogP contribution in [-0.4, -0.2) is 42.8 Å². The molecule has 1 aliphatic heterocycles. The molecule has 3 rings (SSSR count). The number of methoxy groups -OCH3 is 1. The Hall–Kier alpha value is -3.68. The molecule has 8 heteroatoms. The molecule has 2 aromatic rings. The Balaban J connectivity index is 1.36. The van der Waals surface area contributed by atoms with Crippen molar-refractivity contribution in [3.63, 3.8) is 0 Å². The van der Waals surface area contributed by atoms with Crippen LogP contribution in [0.4, 0.5) is 0 Å². The molecule has 1 heterocycles. The molecule has 0 radical (unpaired) electrons. The molecule has 0 bridgehead atoms. The first kappa shape index (κ1) is 23.0. The van der Waals surface area contributed by atoms with Crippen LogP contribution in [0.15, 0.2) is 54.6 Å². The van der Waals surface area contributed by atoms with E-state index < -0.39 is 12.0 Å². The molecule has 0 unspecified atom stereocenters. The van der Waals surface area contributed by atoms with Crippen LogP contribution in [0.2, 0.25) is 0 Å². The van der Waals surface area contributed by atoms with E-state index >= 15 is 0 Å². The second-order valence-electron chi connectivity index (χ2n) is 7.59. The van der Waals surface area contributed by atoms with E-state index in [4.69, 9.17) is 9.47 Å². The Morgan fingerprint density at radius 1 is 1.00 bits per heavy atom. The monoisotopic (exact) mass is 438 g/mol. The number of hydrogen-bond acceptors (Lipinski definition) is 6. The molecule has 1 saturated heterocycles. The van der Waals surface area contributed by atoms with E-state index in [1.165, 1.54) is 0 Å². The summed E-state index contributed by atoms with van der Waals surface area (Å²) in [4.78, 5) is 48.1. The van der Waals surface area contributed by atoms with Crippen LogP contribution < -0.4 is 15.4 Å². The molecule has 0 aliphatic carbocycles. The van der Waals surface area contributed by atoms with Gasteiger partial charge in [0, 0.05) is 6.42 Å². The second kappa shape index (κ2) is 11.1. The van der Waals surface area contributed by atoms with E-state index in [-0.39, 0.29) is 49.5 Å². The minimum atomic E-state index is -0.666. The number of Topliss-reactive ketones (excluding diaryl/α,β-unsaturated/α-hetero) is 1. The van der Waals surface area contributed by atoms with Gasteiger partial charge in [-0.2, -0.15) is 0 Å². The van der Waals surface area contributed by atoms with Gasteiger partial charge in [-0.3, -0.25) is 19.2 Å². The normalized spacial score (nSPS) is 17.0. The lowest BCUT2D eigenvalue weighted by Crippen LogP contribution is -2.69. The summed E-state index contributed by atoms with van der Waals surface area (Å²) in [5.41, 5.74) is 1.64. The van der Waals surface area contributed by atoms with E-state index in [2.05, 4.69) is 10.6 Å². The fraction of sp³-hybridized carbons (Fsp3) is 0.333. The summed E-state index contributed by atoms with van der Waals surface area (Å²) < 4.78 is 10.2. The zero-order chi connectivity index (χ0) is 22.9. The lowest BCUT2D eigenvalue weighted by atomic mass is 9.92. The molecule has 0 spiro atoms. The third-order valence-corrected chi connectivity index (χ3v) is 5.17. The molecular weight excluding hydrogens is 412 g/mol. The van der Waals surface area contributed by atoms with Gasteiger partial charge in [-0.25, -0.2) is 0 Å². The topological polar surface area (TPSA) is 111 Å².